The number of fused-ring (bicyclic) bond motifs is 1. The van der Waals surface area contributed by atoms with Crippen molar-refractivity contribution in [1.29, 1.82) is 0 Å². The minimum absolute atomic E-state index is 0.627. The monoisotopic (exact) mass is 395 g/mol. The van der Waals surface area contributed by atoms with E-state index in [1.165, 1.54) is 0 Å². The van der Waals surface area contributed by atoms with Gasteiger partial charge in [-0.05, 0) is 41.9 Å². The first-order chi connectivity index (χ1) is 9.47. The highest BCUT2D eigenvalue weighted by atomic mass is 79.9. The van der Waals surface area contributed by atoms with Gasteiger partial charge in [-0.1, -0.05) is 15.9 Å². The lowest BCUT2D eigenvalue weighted by atomic mass is 10.1. The number of benzene rings is 1. The fourth-order valence-electron chi connectivity index (χ4n) is 2.18. The Bertz CT molecular complexity index is 825. The number of aromatic nitrogens is 4. The Morgan fingerprint density at radius 3 is 2.60 bits per heavy atom. The second-order valence-electron chi connectivity index (χ2n) is 4.51. The maximum absolute atomic E-state index is 6.14. The van der Waals surface area contributed by atoms with E-state index in [1.54, 1.807) is 0 Å². The summed E-state index contributed by atoms with van der Waals surface area (Å²) in [7, 11) is 0. The number of nitrogens with two attached hydrogens (primary N) is 1. The molecule has 3 rings (SSSR count). The zero-order valence-corrected chi connectivity index (χ0v) is 14.0. The largest absolute Gasteiger partial charge is 0.397 e. The van der Waals surface area contributed by atoms with Gasteiger partial charge in [0.15, 0.2) is 11.5 Å². The number of nitrogen functional groups attached to an aromatic ring is 1. The number of hydrogen-bond donors (Lipinski definition) is 1. The molecule has 2 N–H and O–H groups in total. The Labute approximate surface area is 132 Å². The molecule has 0 spiro atoms. The lowest BCUT2D eigenvalue weighted by molar-refractivity contribution is 0.962. The highest BCUT2D eigenvalue weighted by Gasteiger charge is 2.16. The quantitative estimate of drug-likeness (QED) is 0.639. The van der Waals surface area contributed by atoms with Crippen LogP contribution in [0.5, 0.6) is 0 Å². The number of hydrogen-bond acceptors (Lipinski definition) is 4. The Morgan fingerprint density at radius 2 is 1.85 bits per heavy atom. The van der Waals surface area contributed by atoms with Gasteiger partial charge in [0.1, 0.15) is 5.82 Å². The molecule has 0 bridgehead atoms. The molecule has 0 fully saturated rings. The summed E-state index contributed by atoms with van der Waals surface area (Å²) in [4.78, 5) is 4.45. The van der Waals surface area contributed by atoms with E-state index in [0.717, 1.165) is 31.7 Å². The standard InChI is InChI=1S/C13H11Br2N5/c1-6-3-11-18-19-13(20(11)7(2)17-6)9-4-8(14)5-10(15)12(9)16/h3-5H,16H2,1-2H3. The topological polar surface area (TPSA) is 69.1 Å². The molecule has 0 aliphatic heterocycles. The maximum atomic E-state index is 6.14. The fraction of sp³-hybridized carbons (Fsp3) is 0.154. The van der Waals surface area contributed by atoms with Gasteiger partial charge in [-0.25, -0.2) is 4.98 Å². The van der Waals surface area contributed by atoms with E-state index in [-0.39, 0.29) is 0 Å². The molecule has 2 heterocycles. The molecule has 0 aliphatic carbocycles. The molecule has 0 saturated heterocycles. The summed E-state index contributed by atoms with van der Waals surface area (Å²) in [6.45, 7) is 3.86. The van der Waals surface area contributed by atoms with Crippen molar-refractivity contribution >= 4 is 43.2 Å². The molecule has 0 saturated carbocycles. The first kappa shape index (κ1) is 13.5. The molecule has 2 aromatic heterocycles. The Morgan fingerprint density at radius 1 is 1.10 bits per heavy atom. The Kier molecular flexibility index (Phi) is 3.25. The number of anilines is 1. The van der Waals surface area contributed by atoms with Crippen molar-refractivity contribution in [3.05, 3.63) is 38.7 Å². The first-order valence-corrected chi connectivity index (χ1v) is 7.50. The molecule has 7 heteroatoms. The van der Waals surface area contributed by atoms with Gasteiger partial charge < -0.3 is 5.73 Å². The molecular weight excluding hydrogens is 386 g/mol. The summed E-state index contributed by atoms with van der Waals surface area (Å²) in [5, 5.41) is 8.47. The van der Waals surface area contributed by atoms with E-state index in [1.807, 2.05) is 36.4 Å². The van der Waals surface area contributed by atoms with Crippen LogP contribution < -0.4 is 5.73 Å². The van der Waals surface area contributed by atoms with Crippen LogP contribution in [0, 0.1) is 13.8 Å². The third kappa shape index (κ3) is 2.10. The van der Waals surface area contributed by atoms with E-state index >= 15 is 0 Å². The Balaban J connectivity index is 2.36. The van der Waals surface area contributed by atoms with E-state index < -0.39 is 0 Å². The summed E-state index contributed by atoms with van der Waals surface area (Å²) < 4.78 is 3.64. The number of rotatable bonds is 1. The van der Waals surface area contributed by atoms with Crippen molar-refractivity contribution in [2.45, 2.75) is 13.8 Å². The number of nitrogens with zero attached hydrogens (tertiary/aromatic N) is 4. The van der Waals surface area contributed by atoms with Crippen molar-refractivity contribution in [1.82, 2.24) is 19.6 Å². The number of aryl methyl sites for hydroxylation is 2. The maximum Gasteiger partial charge on any atom is 0.171 e. The van der Waals surface area contributed by atoms with Crippen molar-refractivity contribution in [2.24, 2.45) is 0 Å². The van der Waals surface area contributed by atoms with E-state index in [0.29, 0.717) is 11.5 Å². The molecular formula is C13H11Br2N5. The van der Waals surface area contributed by atoms with E-state index in [2.05, 4.69) is 47.0 Å². The van der Waals surface area contributed by atoms with Crippen molar-refractivity contribution in [3.63, 3.8) is 0 Å². The summed E-state index contributed by atoms with van der Waals surface area (Å²) >= 11 is 6.92. The predicted octanol–water partition coefficient (Wildman–Crippen LogP) is 3.52. The van der Waals surface area contributed by atoms with E-state index in [9.17, 15) is 0 Å². The third-order valence-electron chi connectivity index (χ3n) is 3.02. The van der Waals surface area contributed by atoms with Gasteiger partial charge >= 0.3 is 0 Å². The van der Waals surface area contributed by atoms with Crippen LogP contribution in [-0.2, 0) is 0 Å². The highest BCUT2D eigenvalue weighted by Crippen LogP contribution is 2.34. The average Bonchev–Trinajstić information content (AvgIpc) is 2.77. The zero-order chi connectivity index (χ0) is 14.4. The Hall–Kier alpha value is -1.47. The van der Waals surface area contributed by atoms with Crippen molar-refractivity contribution in [3.8, 4) is 11.4 Å². The van der Waals surface area contributed by atoms with Crippen molar-refractivity contribution in [2.75, 3.05) is 5.73 Å². The smallest absolute Gasteiger partial charge is 0.171 e. The molecule has 3 aromatic rings. The van der Waals surface area contributed by atoms with Gasteiger partial charge in [0.25, 0.3) is 0 Å². The third-order valence-corrected chi connectivity index (χ3v) is 4.14. The van der Waals surface area contributed by atoms with Crippen LogP contribution in [0.3, 0.4) is 0 Å². The fourth-order valence-corrected chi connectivity index (χ4v) is 3.40. The van der Waals surface area contributed by atoms with Crippen LogP contribution in [0.1, 0.15) is 11.5 Å². The second-order valence-corrected chi connectivity index (χ2v) is 6.28. The molecule has 0 atom stereocenters. The lowest BCUT2D eigenvalue weighted by Gasteiger charge is -2.09. The molecule has 0 amide bonds. The first-order valence-electron chi connectivity index (χ1n) is 5.91. The SMILES string of the molecule is Cc1cc2nnc(-c3cc(Br)cc(Br)c3N)n2c(C)n1. The highest BCUT2D eigenvalue weighted by molar-refractivity contribution is 9.11. The van der Waals surface area contributed by atoms with Gasteiger partial charge in [-0.15, -0.1) is 10.2 Å². The molecule has 0 radical (unpaired) electrons. The predicted molar refractivity (Wildman–Crippen MR) is 85.5 cm³/mol. The van der Waals surface area contributed by atoms with Crippen molar-refractivity contribution < 1.29 is 0 Å². The summed E-state index contributed by atoms with van der Waals surface area (Å²) in [6.07, 6.45) is 0. The van der Waals surface area contributed by atoms with Crippen LogP contribution in [0.2, 0.25) is 0 Å². The van der Waals surface area contributed by atoms with E-state index in [4.69, 9.17) is 5.73 Å². The van der Waals surface area contributed by atoms with Gasteiger partial charge in [-0.2, -0.15) is 0 Å². The lowest BCUT2D eigenvalue weighted by Crippen LogP contribution is -2.01. The van der Waals surface area contributed by atoms with Crippen LogP contribution in [0.4, 0.5) is 5.69 Å². The second kappa shape index (κ2) is 4.82. The summed E-state index contributed by atoms with van der Waals surface area (Å²) in [5.74, 6) is 1.51. The minimum Gasteiger partial charge on any atom is -0.397 e. The van der Waals surface area contributed by atoms with Crippen LogP contribution >= 0.6 is 31.9 Å². The van der Waals surface area contributed by atoms with Crippen LogP contribution in [0.25, 0.3) is 17.0 Å². The van der Waals surface area contributed by atoms with Gasteiger partial charge in [0, 0.05) is 26.3 Å². The molecule has 5 nitrogen and oxygen atoms in total. The summed E-state index contributed by atoms with van der Waals surface area (Å²) in [6, 6.07) is 5.72. The zero-order valence-electron chi connectivity index (χ0n) is 10.9. The van der Waals surface area contributed by atoms with Crippen LogP contribution in [0.15, 0.2) is 27.1 Å². The van der Waals surface area contributed by atoms with Gasteiger partial charge in [-0.3, -0.25) is 4.40 Å². The van der Waals surface area contributed by atoms with Crippen LogP contribution in [-0.4, -0.2) is 19.6 Å². The average molecular weight is 397 g/mol. The summed E-state index contributed by atoms with van der Waals surface area (Å²) in [5.41, 5.74) is 9.26. The molecule has 1 aromatic carbocycles. The molecule has 20 heavy (non-hydrogen) atoms. The molecule has 0 aliphatic rings. The minimum atomic E-state index is 0.627. The molecule has 102 valence electrons. The normalized spacial score (nSPS) is 11.2. The number of halogens is 2. The molecule has 0 unspecified atom stereocenters. The van der Waals surface area contributed by atoms with Gasteiger partial charge in [0.2, 0.25) is 0 Å². The van der Waals surface area contributed by atoms with Gasteiger partial charge in [0.05, 0.1) is 5.69 Å².